The molecule has 104 valence electrons. The Balaban J connectivity index is 1.99. The first-order valence-corrected chi connectivity index (χ1v) is 7.19. The van der Waals surface area contributed by atoms with E-state index in [2.05, 4.69) is 21.2 Å². The van der Waals surface area contributed by atoms with Gasteiger partial charge in [-0.2, -0.15) is 0 Å². The quantitative estimate of drug-likeness (QED) is 0.697. The normalized spacial score (nSPS) is 10.6. The molecule has 21 heavy (non-hydrogen) atoms. The van der Waals surface area contributed by atoms with Crippen LogP contribution in [0.15, 0.2) is 65.1 Å². The van der Waals surface area contributed by atoms with Crippen LogP contribution in [-0.2, 0) is 0 Å². The lowest BCUT2D eigenvalue weighted by Gasteiger charge is -2.09. The highest BCUT2D eigenvalue weighted by Crippen LogP contribution is 2.25. The molecule has 0 aliphatic heterocycles. The number of carbonyl (C=O) groups excluding carboxylic acids is 1. The summed E-state index contributed by atoms with van der Waals surface area (Å²) in [6.45, 7) is 0. The van der Waals surface area contributed by atoms with Gasteiger partial charge < -0.3 is 5.32 Å². The van der Waals surface area contributed by atoms with Gasteiger partial charge in [0.15, 0.2) is 0 Å². The number of amides is 1. The molecule has 2 nitrogen and oxygen atoms in total. The molecular formula is C17H11BrFNO. The van der Waals surface area contributed by atoms with Gasteiger partial charge in [0, 0.05) is 11.1 Å². The SMILES string of the molecule is O=C(Nc1cccc2ccccc12)c1cccc(Br)c1F. The van der Waals surface area contributed by atoms with E-state index >= 15 is 0 Å². The van der Waals surface area contributed by atoms with Gasteiger partial charge in [0.2, 0.25) is 0 Å². The van der Waals surface area contributed by atoms with Gasteiger partial charge in [-0.05, 0) is 39.5 Å². The van der Waals surface area contributed by atoms with Crippen LogP contribution in [0.1, 0.15) is 10.4 Å². The fourth-order valence-electron chi connectivity index (χ4n) is 2.20. The molecule has 0 spiro atoms. The van der Waals surface area contributed by atoms with E-state index in [0.29, 0.717) is 5.69 Å². The molecule has 0 fully saturated rings. The van der Waals surface area contributed by atoms with Gasteiger partial charge in [0.25, 0.3) is 5.91 Å². The zero-order valence-electron chi connectivity index (χ0n) is 10.9. The fraction of sp³-hybridized carbons (Fsp3) is 0. The van der Waals surface area contributed by atoms with Crippen molar-refractivity contribution >= 4 is 38.3 Å². The van der Waals surface area contributed by atoms with Crippen molar-refractivity contribution < 1.29 is 9.18 Å². The fourth-order valence-corrected chi connectivity index (χ4v) is 2.57. The molecule has 0 aromatic heterocycles. The van der Waals surface area contributed by atoms with Gasteiger partial charge in [0.1, 0.15) is 5.82 Å². The lowest BCUT2D eigenvalue weighted by atomic mass is 10.1. The number of nitrogens with one attached hydrogen (secondary N) is 1. The number of rotatable bonds is 2. The van der Waals surface area contributed by atoms with Crippen LogP contribution < -0.4 is 5.32 Å². The predicted octanol–water partition coefficient (Wildman–Crippen LogP) is 4.99. The van der Waals surface area contributed by atoms with Crippen LogP contribution in [0.25, 0.3) is 10.8 Å². The van der Waals surface area contributed by atoms with Crippen LogP contribution >= 0.6 is 15.9 Å². The molecule has 0 saturated heterocycles. The van der Waals surface area contributed by atoms with Crippen molar-refractivity contribution in [3.05, 3.63) is 76.5 Å². The van der Waals surface area contributed by atoms with Gasteiger partial charge in [-0.3, -0.25) is 4.79 Å². The average Bonchev–Trinajstić information content (AvgIpc) is 2.50. The molecule has 4 heteroatoms. The van der Waals surface area contributed by atoms with Crippen molar-refractivity contribution in [1.82, 2.24) is 0 Å². The van der Waals surface area contributed by atoms with E-state index < -0.39 is 11.7 Å². The van der Waals surface area contributed by atoms with Gasteiger partial charge in [-0.15, -0.1) is 0 Å². The van der Waals surface area contributed by atoms with E-state index in [0.717, 1.165) is 10.8 Å². The number of benzene rings is 3. The highest BCUT2D eigenvalue weighted by molar-refractivity contribution is 9.10. The number of hydrogen-bond acceptors (Lipinski definition) is 1. The van der Waals surface area contributed by atoms with Crippen LogP contribution in [0, 0.1) is 5.82 Å². The number of anilines is 1. The Bertz CT molecular complexity index is 827. The monoisotopic (exact) mass is 343 g/mol. The second kappa shape index (κ2) is 5.66. The molecule has 0 radical (unpaired) electrons. The predicted molar refractivity (Wildman–Crippen MR) is 86.0 cm³/mol. The summed E-state index contributed by atoms with van der Waals surface area (Å²) >= 11 is 3.08. The molecule has 0 heterocycles. The highest BCUT2D eigenvalue weighted by atomic mass is 79.9. The molecule has 3 aromatic carbocycles. The first kappa shape index (κ1) is 13.8. The van der Waals surface area contributed by atoms with Gasteiger partial charge in [-0.1, -0.05) is 42.5 Å². The Morgan fingerprint density at radius 1 is 0.952 bits per heavy atom. The average molecular weight is 344 g/mol. The second-order valence-corrected chi connectivity index (χ2v) is 5.44. The number of halogens is 2. The third-order valence-corrected chi connectivity index (χ3v) is 3.85. The van der Waals surface area contributed by atoms with Crippen molar-refractivity contribution in [2.45, 2.75) is 0 Å². The number of hydrogen-bond donors (Lipinski definition) is 1. The van der Waals surface area contributed by atoms with E-state index in [4.69, 9.17) is 0 Å². The standard InChI is InChI=1S/C17H11BrFNO/c18-14-9-4-8-13(16(14)19)17(21)20-15-10-3-6-11-5-1-2-7-12(11)15/h1-10H,(H,20,21). The Morgan fingerprint density at radius 2 is 1.67 bits per heavy atom. The topological polar surface area (TPSA) is 29.1 Å². The summed E-state index contributed by atoms with van der Waals surface area (Å²) in [4.78, 5) is 12.3. The minimum Gasteiger partial charge on any atom is -0.321 e. The van der Waals surface area contributed by atoms with E-state index in [1.165, 1.54) is 6.07 Å². The van der Waals surface area contributed by atoms with E-state index in [9.17, 15) is 9.18 Å². The lowest BCUT2D eigenvalue weighted by molar-refractivity contribution is 0.102. The van der Waals surface area contributed by atoms with E-state index in [-0.39, 0.29) is 10.0 Å². The summed E-state index contributed by atoms with van der Waals surface area (Å²) in [5, 5.41) is 4.71. The molecule has 0 aliphatic rings. The Hall–Kier alpha value is -2.20. The minimum atomic E-state index is -0.560. The van der Waals surface area contributed by atoms with Crippen LogP contribution in [0.3, 0.4) is 0 Å². The number of carbonyl (C=O) groups is 1. The lowest BCUT2D eigenvalue weighted by Crippen LogP contribution is -2.14. The Kier molecular flexibility index (Phi) is 3.71. The largest absolute Gasteiger partial charge is 0.321 e. The highest BCUT2D eigenvalue weighted by Gasteiger charge is 2.14. The summed E-state index contributed by atoms with van der Waals surface area (Å²) in [6, 6.07) is 18.0. The van der Waals surface area contributed by atoms with Crippen LogP contribution in [-0.4, -0.2) is 5.91 Å². The third kappa shape index (κ3) is 2.67. The maximum Gasteiger partial charge on any atom is 0.258 e. The number of fused-ring (bicyclic) bond motifs is 1. The maximum atomic E-state index is 14.0. The molecule has 3 rings (SSSR count). The van der Waals surface area contributed by atoms with E-state index in [1.54, 1.807) is 18.2 Å². The zero-order chi connectivity index (χ0) is 14.8. The van der Waals surface area contributed by atoms with Crippen LogP contribution in [0.4, 0.5) is 10.1 Å². The summed E-state index contributed by atoms with van der Waals surface area (Å²) in [7, 11) is 0. The molecule has 1 N–H and O–H groups in total. The van der Waals surface area contributed by atoms with Crippen molar-refractivity contribution in [2.24, 2.45) is 0 Å². The van der Waals surface area contributed by atoms with Crippen molar-refractivity contribution in [1.29, 1.82) is 0 Å². The molecule has 0 bridgehead atoms. The molecule has 0 atom stereocenters. The van der Waals surface area contributed by atoms with Gasteiger partial charge >= 0.3 is 0 Å². The Morgan fingerprint density at radius 3 is 2.52 bits per heavy atom. The zero-order valence-corrected chi connectivity index (χ0v) is 12.5. The second-order valence-electron chi connectivity index (χ2n) is 4.58. The molecule has 3 aromatic rings. The molecule has 1 amide bonds. The maximum absolute atomic E-state index is 14.0. The molecule has 0 aliphatic carbocycles. The first-order valence-electron chi connectivity index (χ1n) is 6.40. The summed E-state index contributed by atoms with van der Waals surface area (Å²) < 4.78 is 14.2. The minimum absolute atomic E-state index is 0.0114. The summed E-state index contributed by atoms with van der Waals surface area (Å²) in [5.74, 6) is -1.03. The first-order chi connectivity index (χ1) is 10.2. The molecule has 0 saturated carbocycles. The molecule has 0 unspecified atom stereocenters. The summed E-state index contributed by atoms with van der Waals surface area (Å²) in [6.07, 6.45) is 0. The van der Waals surface area contributed by atoms with Crippen molar-refractivity contribution in [3.8, 4) is 0 Å². The van der Waals surface area contributed by atoms with Gasteiger partial charge in [0.05, 0.1) is 10.0 Å². The Labute approximate surface area is 129 Å². The summed E-state index contributed by atoms with van der Waals surface area (Å²) in [5.41, 5.74) is 0.676. The van der Waals surface area contributed by atoms with Gasteiger partial charge in [-0.25, -0.2) is 4.39 Å². The van der Waals surface area contributed by atoms with Crippen LogP contribution in [0.5, 0.6) is 0 Å². The van der Waals surface area contributed by atoms with Crippen molar-refractivity contribution in [3.63, 3.8) is 0 Å². The third-order valence-electron chi connectivity index (χ3n) is 3.23. The smallest absolute Gasteiger partial charge is 0.258 e. The van der Waals surface area contributed by atoms with E-state index in [1.807, 2.05) is 36.4 Å². The van der Waals surface area contributed by atoms with Crippen LogP contribution in [0.2, 0.25) is 0 Å². The molecular weight excluding hydrogens is 333 g/mol. The van der Waals surface area contributed by atoms with Crippen molar-refractivity contribution in [2.75, 3.05) is 5.32 Å².